The highest BCUT2D eigenvalue weighted by Gasteiger charge is 2.40. The van der Waals surface area contributed by atoms with Gasteiger partial charge in [-0.15, -0.1) is 0 Å². The molecule has 5 N–H and O–H groups in total. The molecule has 10 nitrogen and oxygen atoms in total. The molecule has 1 aromatic heterocycles. The highest BCUT2D eigenvalue weighted by Crippen LogP contribution is 2.26. The molecule has 0 saturated carbocycles. The Bertz CT molecular complexity index is 1190. The van der Waals surface area contributed by atoms with E-state index in [4.69, 9.17) is 15.2 Å². The van der Waals surface area contributed by atoms with Crippen molar-refractivity contribution < 1.29 is 29.0 Å². The Labute approximate surface area is 182 Å². The smallest absolute Gasteiger partial charge is 0.339 e. The van der Waals surface area contributed by atoms with Crippen LogP contribution in [0.4, 0.5) is 17.2 Å². The minimum Gasteiger partial charge on any atom is -0.465 e. The van der Waals surface area contributed by atoms with Gasteiger partial charge in [-0.25, -0.2) is 4.79 Å². The van der Waals surface area contributed by atoms with Crippen molar-refractivity contribution in [1.29, 1.82) is 0 Å². The summed E-state index contributed by atoms with van der Waals surface area (Å²) in [5, 5.41) is 14.7. The van der Waals surface area contributed by atoms with Crippen LogP contribution in [0.5, 0.6) is 0 Å². The third kappa shape index (κ3) is 3.88. The molecule has 2 atom stereocenters. The second-order valence-electron chi connectivity index (χ2n) is 7.23. The monoisotopic (exact) mass is 438 g/mol. The van der Waals surface area contributed by atoms with E-state index in [1.54, 1.807) is 42.6 Å². The molecule has 0 bridgehead atoms. The molecule has 10 heteroatoms. The summed E-state index contributed by atoms with van der Waals surface area (Å²) in [7, 11) is 1.25. The summed E-state index contributed by atoms with van der Waals surface area (Å²) in [6.07, 6.45) is -1.50. The molecule has 2 aromatic carbocycles. The maximum Gasteiger partial charge on any atom is 0.339 e. The number of nitrogens with two attached hydrogens (primary N) is 1. The maximum absolute atomic E-state index is 13.1. The molecular weight excluding hydrogens is 416 g/mol. The van der Waals surface area contributed by atoms with Gasteiger partial charge in [-0.2, -0.15) is 0 Å². The van der Waals surface area contributed by atoms with Gasteiger partial charge >= 0.3 is 5.97 Å². The van der Waals surface area contributed by atoms with Gasteiger partial charge in [-0.1, -0.05) is 12.1 Å². The minimum atomic E-state index is -1.76. The van der Waals surface area contributed by atoms with Crippen molar-refractivity contribution in [2.45, 2.75) is 12.2 Å². The topological polar surface area (TPSA) is 147 Å². The zero-order chi connectivity index (χ0) is 22.8. The van der Waals surface area contributed by atoms with Gasteiger partial charge in [0.2, 0.25) is 0 Å². The number of hydrogen-bond donors (Lipinski definition) is 4. The molecule has 3 aromatic rings. The van der Waals surface area contributed by atoms with Crippen molar-refractivity contribution >= 4 is 45.7 Å². The van der Waals surface area contributed by atoms with Crippen molar-refractivity contribution in [3.63, 3.8) is 0 Å². The quantitative estimate of drug-likeness (QED) is 0.439. The van der Waals surface area contributed by atoms with E-state index in [2.05, 4.69) is 10.3 Å². The van der Waals surface area contributed by atoms with Crippen LogP contribution in [0.25, 0.3) is 10.8 Å². The highest BCUT2D eigenvalue weighted by molar-refractivity contribution is 6.07. The number of nitrogens with zero attached hydrogens (tertiary/aromatic N) is 1. The van der Waals surface area contributed by atoms with Gasteiger partial charge in [-0.05, 0) is 30.3 Å². The van der Waals surface area contributed by atoms with Gasteiger partial charge in [0.25, 0.3) is 11.8 Å². The number of aliphatic hydroxyl groups excluding tert-OH is 1. The number of anilines is 3. The second-order valence-corrected chi connectivity index (χ2v) is 7.23. The van der Waals surface area contributed by atoms with Crippen molar-refractivity contribution in [1.82, 2.24) is 4.98 Å². The van der Waals surface area contributed by atoms with Crippen LogP contribution in [0.2, 0.25) is 0 Å². The number of ether oxygens (including phenoxy) is 2. The highest BCUT2D eigenvalue weighted by atomic mass is 16.5. The number of para-hydroxylation sites is 1. The van der Waals surface area contributed by atoms with Gasteiger partial charge in [0.05, 0.1) is 25.0 Å². The predicted molar refractivity (Wildman–Crippen MR) is 117 cm³/mol. The predicted octanol–water partition coefficient (Wildman–Crippen LogP) is 1.27. The van der Waals surface area contributed by atoms with Gasteiger partial charge in [0, 0.05) is 29.2 Å². The zero-order valence-electron chi connectivity index (χ0n) is 17.2. The lowest BCUT2D eigenvalue weighted by molar-refractivity contribution is -0.150. The number of hydrogen-bond acceptors (Lipinski definition) is 7. The molecule has 0 spiro atoms. The number of methoxy groups -OCH3 is 1. The molecule has 2 heterocycles. The fraction of sp³-hybridized carbons (Fsp3) is 0.227. The van der Waals surface area contributed by atoms with E-state index in [-0.39, 0.29) is 18.7 Å². The molecule has 0 radical (unpaired) electrons. The van der Waals surface area contributed by atoms with E-state index in [1.807, 2.05) is 0 Å². The molecule has 32 heavy (non-hydrogen) atoms. The summed E-state index contributed by atoms with van der Waals surface area (Å²) >= 11 is 0. The normalized spacial score (nSPS) is 17.2. The van der Waals surface area contributed by atoms with E-state index in [0.717, 1.165) is 10.8 Å². The Balaban J connectivity index is 1.52. The number of amides is 2. The first-order chi connectivity index (χ1) is 15.4. The average Bonchev–Trinajstić information content (AvgIpc) is 3.18. The molecule has 1 aliphatic rings. The summed E-state index contributed by atoms with van der Waals surface area (Å²) < 4.78 is 10.2. The Morgan fingerprint density at radius 3 is 2.88 bits per heavy atom. The van der Waals surface area contributed by atoms with Crippen LogP contribution < -0.4 is 16.0 Å². The first kappa shape index (κ1) is 21.3. The third-order valence-electron chi connectivity index (χ3n) is 5.27. The summed E-state index contributed by atoms with van der Waals surface area (Å²) in [4.78, 5) is 42.0. The van der Waals surface area contributed by atoms with Gasteiger partial charge in [0.15, 0.2) is 12.2 Å². The fourth-order valence-electron chi connectivity index (χ4n) is 3.66. The lowest BCUT2D eigenvalue weighted by Crippen LogP contribution is -2.55. The van der Waals surface area contributed by atoms with Crippen LogP contribution >= 0.6 is 0 Å². The number of aliphatic hydroxyl groups is 1. The first-order valence-corrected chi connectivity index (χ1v) is 9.86. The number of aromatic nitrogens is 1. The standard InChI is InChI=1S/C22H22N4O6/c1-31-22(30)15-4-2-3-5-16(15)26-8-9-32-18(21(26)29)17(27)20(28)25-13-6-7-14-12(10-13)11-24-19(14)23/h2-7,10-11,17-18,24,27H,8-9,23H2,1H3,(H,25,28)/t17-,18-/m1/s1. The van der Waals surface area contributed by atoms with Gasteiger partial charge in [-0.3, -0.25) is 9.59 Å². The number of H-pyrrole nitrogens is 1. The Hall–Kier alpha value is -3.89. The Morgan fingerprint density at radius 2 is 2.09 bits per heavy atom. The lowest BCUT2D eigenvalue weighted by atomic mass is 10.1. The first-order valence-electron chi connectivity index (χ1n) is 9.86. The SMILES string of the molecule is COC(=O)c1ccccc1N1CCO[C@H]([C@@H](O)C(=O)Nc2ccc3c(N)[nH]cc3c2)C1=O. The van der Waals surface area contributed by atoms with Crippen molar-refractivity contribution in [2.24, 2.45) is 0 Å². The number of rotatable bonds is 5. The van der Waals surface area contributed by atoms with E-state index < -0.39 is 30.0 Å². The van der Waals surface area contributed by atoms with Crippen LogP contribution in [0.1, 0.15) is 10.4 Å². The molecule has 1 saturated heterocycles. The van der Waals surface area contributed by atoms with E-state index in [1.165, 1.54) is 18.1 Å². The number of fused-ring (bicyclic) bond motifs is 1. The van der Waals surface area contributed by atoms with Crippen LogP contribution in [0, 0.1) is 0 Å². The molecule has 0 aliphatic carbocycles. The van der Waals surface area contributed by atoms with Crippen LogP contribution in [-0.2, 0) is 19.1 Å². The average molecular weight is 438 g/mol. The van der Waals surface area contributed by atoms with Crippen molar-refractivity contribution in [2.75, 3.05) is 36.2 Å². The van der Waals surface area contributed by atoms with E-state index in [9.17, 15) is 19.5 Å². The van der Waals surface area contributed by atoms with Gasteiger partial charge < -0.3 is 35.5 Å². The summed E-state index contributed by atoms with van der Waals surface area (Å²) in [5.74, 6) is -1.53. The largest absolute Gasteiger partial charge is 0.465 e. The summed E-state index contributed by atoms with van der Waals surface area (Å²) in [5.41, 5.74) is 6.76. The number of morpholine rings is 1. The molecule has 1 fully saturated rings. The summed E-state index contributed by atoms with van der Waals surface area (Å²) in [6, 6.07) is 11.5. The second kappa shape index (κ2) is 8.69. The molecule has 1 aliphatic heterocycles. The summed E-state index contributed by atoms with van der Waals surface area (Å²) in [6.45, 7) is 0.230. The lowest BCUT2D eigenvalue weighted by Gasteiger charge is -2.34. The van der Waals surface area contributed by atoms with Crippen LogP contribution in [0.3, 0.4) is 0 Å². The zero-order valence-corrected chi connectivity index (χ0v) is 17.2. The van der Waals surface area contributed by atoms with E-state index >= 15 is 0 Å². The number of carbonyl (C=O) groups excluding carboxylic acids is 3. The molecule has 0 unspecified atom stereocenters. The third-order valence-corrected chi connectivity index (χ3v) is 5.27. The molecule has 166 valence electrons. The van der Waals surface area contributed by atoms with Gasteiger partial charge in [0.1, 0.15) is 5.82 Å². The number of esters is 1. The fourth-order valence-corrected chi connectivity index (χ4v) is 3.66. The molecule has 2 amide bonds. The van der Waals surface area contributed by atoms with Crippen molar-refractivity contribution in [3.8, 4) is 0 Å². The van der Waals surface area contributed by atoms with E-state index in [0.29, 0.717) is 17.2 Å². The number of nitrogen functional groups attached to an aromatic ring is 1. The number of nitrogens with one attached hydrogen (secondary N) is 2. The minimum absolute atomic E-state index is 0.0742. The Kier molecular flexibility index (Phi) is 5.80. The van der Waals surface area contributed by atoms with Crippen molar-refractivity contribution in [3.05, 3.63) is 54.2 Å². The Morgan fingerprint density at radius 1 is 1.31 bits per heavy atom. The number of aromatic amines is 1. The molecule has 4 rings (SSSR count). The number of carbonyl (C=O) groups is 3. The number of benzene rings is 2. The molecular formula is C22H22N4O6. The maximum atomic E-state index is 13.1. The van der Waals surface area contributed by atoms with Crippen LogP contribution in [-0.4, -0.2) is 60.3 Å². The van der Waals surface area contributed by atoms with Crippen LogP contribution in [0.15, 0.2) is 48.7 Å².